The van der Waals surface area contributed by atoms with Crippen LogP contribution >= 0.6 is 0 Å². The number of hydrogen-bond acceptors (Lipinski definition) is 3. The fraction of sp³-hybridized carbons (Fsp3) is 0.524. The highest BCUT2D eigenvalue weighted by Gasteiger charge is 2.18. The Balaban J connectivity index is 2.08. The summed E-state index contributed by atoms with van der Waals surface area (Å²) in [5.74, 6) is 0.941. The summed E-state index contributed by atoms with van der Waals surface area (Å²) >= 11 is 0. The van der Waals surface area contributed by atoms with Crippen LogP contribution in [0.1, 0.15) is 42.6 Å². The number of aliphatic imine (C=N–C) groups is 1. The third kappa shape index (κ3) is 5.55. The third-order valence-corrected chi connectivity index (χ3v) is 4.78. The minimum atomic E-state index is -0.219. The predicted molar refractivity (Wildman–Crippen MR) is 113 cm³/mol. The lowest BCUT2D eigenvalue weighted by molar-refractivity contribution is 0.294. The minimum absolute atomic E-state index is 0.0328. The SMILES string of the molecule is CN=C(NCC(c1cccc(F)c1)N(C)C)N(C)Cc1cn(C)nc1C(C)C. The van der Waals surface area contributed by atoms with Crippen molar-refractivity contribution in [1.82, 2.24) is 24.9 Å². The maximum Gasteiger partial charge on any atom is 0.193 e. The quantitative estimate of drug-likeness (QED) is 0.585. The van der Waals surface area contributed by atoms with Crippen LogP contribution in [-0.4, -0.2) is 60.3 Å². The molecule has 2 rings (SSSR count). The number of aryl methyl sites for hydroxylation is 1. The predicted octanol–water partition coefficient (Wildman–Crippen LogP) is 2.99. The van der Waals surface area contributed by atoms with Gasteiger partial charge in [0.2, 0.25) is 0 Å². The summed E-state index contributed by atoms with van der Waals surface area (Å²) in [5.41, 5.74) is 3.23. The largest absolute Gasteiger partial charge is 0.354 e. The van der Waals surface area contributed by atoms with Crippen molar-refractivity contribution in [2.75, 3.05) is 34.7 Å². The van der Waals surface area contributed by atoms with E-state index in [1.165, 1.54) is 11.6 Å². The lowest BCUT2D eigenvalue weighted by atomic mass is 10.1. The molecule has 0 aliphatic heterocycles. The van der Waals surface area contributed by atoms with Crippen LogP contribution in [0.15, 0.2) is 35.5 Å². The average molecular weight is 389 g/mol. The van der Waals surface area contributed by atoms with Gasteiger partial charge in [0.05, 0.1) is 11.7 Å². The number of benzene rings is 1. The Morgan fingerprint density at radius 2 is 2.00 bits per heavy atom. The molecule has 1 atom stereocenters. The molecule has 0 spiro atoms. The third-order valence-electron chi connectivity index (χ3n) is 4.78. The van der Waals surface area contributed by atoms with Crippen molar-refractivity contribution in [3.63, 3.8) is 0 Å². The molecule has 0 aliphatic rings. The van der Waals surface area contributed by atoms with E-state index in [1.807, 2.05) is 38.9 Å². The topological polar surface area (TPSA) is 48.7 Å². The van der Waals surface area contributed by atoms with Gasteiger partial charge in [0.1, 0.15) is 5.82 Å². The van der Waals surface area contributed by atoms with Crippen molar-refractivity contribution >= 4 is 5.96 Å². The molecule has 1 heterocycles. The normalized spacial score (nSPS) is 13.3. The molecule has 6 nitrogen and oxygen atoms in total. The molecule has 0 saturated carbocycles. The van der Waals surface area contributed by atoms with Gasteiger partial charge in [-0.3, -0.25) is 9.67 Å². The van der Waals surface area contributed by atoms with E-state index < -0.39 is 0 Å². The molecule has 154 valence electrons. The zero-order chi connectivity index (χ0) is 20.8. The first-order valence-corrected chi connectivity index (χ1v) is 9.59. The van der Waals surface area contributed by atoms with Gasteiger partial charge < -0.3 is 15.1 Å². The van der Waals surface area contributed by atoms with E-state index in [0.717, 1.165) is 17.2 Å². The molecule has 0 bridgehead atoms. The first-order valence-electron chi connectivity index (χ1n) is 9.59. The molecule has 0 amide bonds. The number of guanidine groups is 1. The zero-order valence-corrected chi connectivity index (χ0v) is 18.1. The van der Waals surface area contributed by atoms with Crippen molar-refractivity contribution in [3.8, 4) is 0 Å². The van der Waals surface area contributed by atoms with Gasteiger partial charge in [-0.05, 0) is 37.7 Å². The van der Waals surface area contributed by atoms with Crippen LogP contribution in [-0.2, 0) is 13.6 Å². The van der Waals surface area contributed by atoms with Gasteiger partial charge in [0, 0.05) is 46.0 Å². The van der Waals surface area contributed by atoms with E-state index in [0.29, 0.717) is 19.0 Å². The van der Waals surface area contributed by atoms with Gasteiger partial charge in [-0.1, -0.05) is 26.0 Å². The molecular weight excluding hydrogens is 355 g/mol. The second kappa shape index (κ2) is 9.68. The lowest BCUT2D eigenvalue weighted by Gasteiger charge is -2.28. The monoisotopic (exact) mass is 388 g/mol. The number of likely N-dealkylation sites (N-methyl/N-ethyl adjacent to an activating group) is 1. The molecule has 0 saturated heterocycles. The lowest BCUT2D eigenvalue weighted by Crippen LogP contribution is -2.42. The highest BCUT2D eigenvalue weighted by molar-refractivity contribution is 5.79. The van der Waals surface area contributed by atoms with Crippen LogP contribution in [0.4, 0.5) is 4.39 Å². The van der Waals surface area contributed by atoms with Gasteiger partial charge in [0.15, 0.2) is 5.96 Å². The first-order chi connectivity index (χ1) is 13.2. The molecule has 0 radical (unpaired) electrons. The molecule has 1 aromatic heterocycles. The van der Waals surface area contributed by atoms with Gasteiger partial charge in [-0.25, -0.2) is 4.39 Å². The highest BCUT2D eigenvalue weighted by Crippen LogP contribution is 2.20. The van der Waals surface area contributed by atoms with Crippen molar-refractivity contribution < 1.29 is 4.39 Å². The summed E-state index contributed by atoms with van der Waals surface area (Å²) in [6.45, 7) is 5.64. The fourth-order valence-electron chi connectivity index (χ4n) is 3.38. The maximum atomic E-state index is 13.7. The summed E-state index contributed by atoms with van der Waals surface area (Å²) in [4.78, 5) is 8.58. The molecule has 1 N–H and O–H groups in total. The van der Waals surface area contributed by atoms with Crippen LogP contribution in [0.5, 0.6) is 0 Å². The van der Waals surface area contributed by atoms with Crippen molar-refractivity contribution in [3.05, 3.63) is 53.1 Å². The van der Waals surface area contributed by atoms with Crippen molar-refractivity contribution in [2.45, 2.75) is 32.4 Å². The van der Waals surface area contributed by atoms with Crippen LogP contribution in [0, 0.1) is 5.82 Å². The molecule has 0 aliphatic carbocycles. The Kier molecular flexibility index (Phi) is 7.57. The van der Waals surface area contributed by atoms with E-state index in [1.54, 1.807) is 19.2 Å². The molecule has 1 aromatic carbocycles. The van der Waals surface area contributed by atoms with E-state index in [2.05, 4.69) is 45.3 Å². The summed E-state index contributed by atoms with van der Waals surface area (Å²) in [5, 5.41) is 8.01. The Hall–Kier alpha value is -2.41. The second-order valence-electron chi connectivity index (χ2n) is 7.69. The standard InChI is InChI=1S/C21H33FN6/c1-15(2)20-17(14-28(7)25-20)13-27(6)21(23-3)24-12-19(26(4)5)16-9-8-10-18(22)11-16/h8-11,14-15,19H,12-13H2,1-7H3,(H,23,24). The van der Waals surface area contributed by atoms with Crippen LogP contribution in [0.2, 0.25) is 0 Å². The number of aromatic nitrogens is 2. The smallest absolute Gasteiger partial charge is 0.193 e. The number of rotatable bonds is 7. The summed E-state index contributed by atoms with van der Waals surface area (Å²) in [6.07, 6.45) is 2.06. The van der Waals surface area contributed by atoms with Crippen LogP contribution in [0.3, 0.4) is 0 Å². The molecule has 1 unspecified atom stereocenters. The fourth-order valence-corrected chi connectivity index (χ4v) is 3.38. The van der Waals surface area contributed by atoms with Gasteiger partial charge >= 0.3 is 0 Å². The Morgan fingerprint density at radius 1 is 1.29 bits per heavy atom. The maximum absolute atomic E-state index is 13.7. The zero-order valence-electron chi connectivity index (χ0n) is 18.1. The van der Waals surface area contributed by atoms with Gasteiger partial charge in [0.25, 0.3) is 0 Å². The number of nitrogens with one attached hydrogen (secondary N) is 1. The van der Waals surface area contributed by atoms with Gasteiger partial charge in [-0.15, -0.1) is 0 Å². The van der Waals surface area contributed by atoms with Crippen LogP contribution < -0.4 is 5.32 Å². The number of hydrogen-bond donors (Lipinski definition) is 1. The molecular formula is C21H33FN6. The van der Waals surface area contributed by atoms with E-state index in [-0.39, 0.29) is 11.9 Å². The average Bonchev–Trinajstić information content (AvgIpc) is 2.98. The summed E-state index contributed by atoms with van der Waals surface area (Å²) in [6, 6.07) is 6.79. The van der Waals surface area contributed by atoms with Gasteiger partial charge in [-0.2, -0.15) is 5.10 Å². The Bertz CT molecular complexity index is 796. The first kappa shape index (κ1) is 21.9. The highest BCUT2D eigenvalue weighted by atomic mass is 19.1. The van der Waals surface area contributed by atoms with E-state index in [9.17, 15) is 4.39 Å². The second-order valence-corrected chi connectivity index (χ2v) is 7.69. The molecule has 28 heavy (non-hydrogen) atoms. The number of halogens is 1. The van der Waals surface area contributed by atoms with Crippen molar-refractivity contribution in [2.24, 2.45) is 12.0 Å². The van der Waals surface area contributed by atoms with Crippen LogP contribution in [0.25, 0.3) is 0 Å². The molecule has 7 heteroatoms. The summed E-state index contributed by atoms with van der Waals surface area (Å²) < 4.78 is 15.5. The molecule has 0 fully saturated rings. The Labute approximate surface area is 168 Å². The van der Waals surface area contributed by atoms with Crippen molar-refractivity contribution in [1.29, 1.82) is 0 Å². The molecule has 2 aromatic rings. The minimum Gasteiger partial charge on any atom is -0.354 e. The van der Waals surface area contributed by atoms with E-state index in [4.69, 9.17) is 0 Å². The Morgan fingerprint density at radius 3 is 2.57 bits per heavy atom. The summed E-state index contributed by atoms with van der Waals surface area (Å²) in [7, 11) is 9.73. The van der Waals surface area contributed by atoms with E-state index >= 15 is 0 Å². The number of nitrogens with zero attached hydrogens (tertiary/aromatic N) is 5.